The lowest BCUT2D eigenvalue weighted by molar-refractivity contribution is 1.30. The summed E-state index contributed by atoms with van der Waals surface area (Å²) in [4.78, 5) is 17.7. The minimum Gasteiger partial charge on any atom is -0.355 e. The Kier molecular flexibility index (Phi) is 8.74. The highest BCUT2D eigenvalue weighted by atomic mass is 35.5. The fourth-order valence-electron chi connectivity index (χ4n) is 6.87. The van der Waals surface area contributed by atoms with Gasteiger partial charge in [0.1, 0.15) is 0 Å². The molecule has 0 atom stereocenters. The molecule has 256 valence electrons. The van der Waals surface area contributed by atoms with Gasteiger partial charge in [-0.2, -0.15) is 0 Å². The van der Waals surface area contributed by atoms with Crippen molar-refractivity contribution >= 4 is 103 Å². The van der Waals surface area contributed by atoms with Crippen LogP contribution in [0.3, 0.4) is 0 Å². The average Bonchev–Trinajstić information content (AvgIpc) is 3.94. The van der Waals surface area contributed by atoms with E-state index in [4.69, 9.17) is 68.0 Å². The number of hydrogen-bond donors (Lipinski definition) is 2. The maximum Gasteiger partial charge on any atom is 0.0851 e. The molecule has 0 saturated carbocycles. The molecule has 4 nitrogen and oxygen atoms in total. The van der Waals surface area contributed by atoms with Crippen LogP contribution in [0, 0.1) is 0 Å². The number of halogens is 5. The van der Waals surface area contributed by atoms with Crippen LogP contribution in [0.15, 0.2) is 127 Å². The monoisotopic (exact) mass is 784 g/mol. The second-order valence-electron chi connectivity index (χ2n) is 12.7. The molecule has 2 aliphatic rings. The summed E-state index contributed by atoms with van der Waals surface area (Å²) in [5.41, 5.74) is 13.4. The normalized spacial score (nSPS) is 12.5. The number of hydrogen-bond acceptors (Lipinski definition) is 2. The van der Waals surface area contributed by atoms with Crippen molar-refractivity contribution in [1.29, 1.82) is 0 Å². The van der Waals surface area contributed by atoms with Crippen molar-refractivity contribution < 1.29 is 0 Å². The Morgan fingerprint density at radius 3 is 1.45 bits per heavy atom. The predicted molar refractivity (Wildman–Crippen MR) is 224 cm³/mol. The van der Waals surface area contributed by atoms with Gasteiger partial charge < -0.3 is 9.97 Å². The highest BCUT2D eigenvalue weighted by Gasteiger charge is 2.27. The van der Waals surface area contributed by atoms with Crippen LogP contribution >= 0.6 is 58.0 Å². The molecular weight excluding hydrogens is 762 g/mol. The van der Waals surface area contributed by atoms with Crippen molar-refractivity contribution in [2.24, 2.45) is 0 Å². The summed E-state index contributed by atoms with van der Waals surface area (Å²) in [5.74, 6) is 0. The van der Waals surface area contributed by atoms with E-state index in [9.17, 15) is 0 Å². The van der Waals surface area contributed by atoms with E-state index in [2.05, 4.69) is 16.0 Å². The minimum absolute atomic E-state index is 0.504. The zero-order valence-electron chi connectivity index (χ0n) is 27.6. The third kappa shape index (κ3) is 6.48. The summed E-state index contributed by atoms with van der Waals surface area (Å²) in [6, 6.07) is 41.2. The van der Waals surface area contributed by atoms with Gasteiger partial charge in [0.15, 0.2) is 0 Å². The van der Waals surface area contributed by atoms with Crippen molar-refractivity contribution in [1.82, 2.24) is 19.9 Å². The van der Waals surface area contributed by atoms with Crippen LogP contribution in [0.5, 0.6) is 0 Å². The zero-order valence-corrected chi connectivity index (χ0v) is 31.3. The van der Waals surface area contributed by atoms with Crippen LogP contribution in [0.2, 0.25) is 20.1 Å². The molecule has 0 unspecified atom stereocenters. The maximum atomic E-state index is 7.42. The molecule has 8 bridgehead atoms. The Morgan fingerprint density at radius 1 is 0.415 bits per heavy atom. The molecule has 9 rings (SSSR count). The zero-order chi connectivity index (χ0) is 36.2. The molecule has 2 N–H and O–H groups in total. The molecule has 4 aromatic carbocycles. The number of benzene rings is 4. The van der Waals surface area contributed by atoms with Crippen molar-refractivity contribution in [3.8, 4) is 33.4 Å². The van der Waals surface area contributed by atoms with Gasteiger partial charge in [0.05, 0.1) is 33.3 Å². The van der Waals surface area contributed by atoms with Crippen molar-refractivity contribution in [2.45, 2.75) is 0 Å². The Morgan fingerprint density at radius 2 is 0.887 bits per heavy atom. The quantitative estimate of drug-likeness (QED) is 0.187. The Bertz CT molecular complexity index is 2800. The number of nitrogens with zero attached hydrogens (tertiary/aromatic N) is 2. The lowest BCUT2D eigenvalue weighted by Gasteiger charge is -2.13. The first-order chi connectivity index (χ1) is 25.8. The molecule has 5 heterocycles. The molecule has 0 radical (unpaired) electrons. The van der Waals surface area contributed by atoms with Crippen molar-refractivity contribution in [3.63, 3.8) is 0 Å². The standard InChI is InChI=1S/C44H25Cl5N4/c45-28-9-1-24(2-10-28)38-36-22-34-19-17-32(50-34)21-33-18-20-35(51-33)23-37-42(49)40(26-5-13-30(47)14-6-26)44(53-37)41(27-7-15-31(48)16-8-27)43(52-36)39(38)25-3-11-29(46)12-4-25/h1-23,51-52H. The summed E-state index contributed by atoms with van der Waals surface area (Å²) in [6.07, 6.45) is 4.02. The number of H-pyrrole nitrogens is 2. The van der Waals surface area contributed by atoms with Gasteiger partial charge in [-0.1, -0.05) is 107 Å². The molecular formula is C44H25Cl5N4. The molecule has 0 fully saturated rings. The van der Waals surface area contributed by atoms with Gasteiger partial charge in [0.2, 0.25) is 0 Å². The van der Waals surface area contributed by atoms with Crippen LogP contribution in [0.1, 0.15) is 28.3 Å². The predicted octanol–water partition coefficient (Wildman–Crippen LogP) is 14.3. The minimum atomic E-state index is 0.504. The highest BCUT2D eigenvalue weighted by molar-refractivity contribution is 6.54. The van der Waals surface area contributed by atoms with E-state index in [1.165, 1.54) is 0 Å². The number of fused-ring (bicyclic) bond motifs is 8. The van der Waals surface area contributed by atoms with E-state index in [1.54, 1.807) is 0 Å². The van der Waals surface area contributed by atoms with E-state index in [0.29, 0.717) is 36.5 Å². The lowest BCUT2D eigenvalue weighted by Crippen LogP contribution is -1.93. The van der Waals surface area contributed by atoms with Gasteiger partial charge in [0.25, 0.3) is 0 Å². The molecule has 3 aromatic heterocycles. The number of rotatable bonds is 4. The van der Waals surface area contributed by atoms with E-state index in [0.717, 1.165) is 78.0 Å². The Hall–Kier alpha value is -5.07. The molecule has 7 aromatic rings. The third-order valence-corrected chi connectivity index (χ3v) is 10.7. The van der Waals surface area contributed by atoms with Crippen LogP contribution in [0.25, 0.3) is 78.2 Å². The smallest absolute Gasteiger partial charge is 0.0851 e. The highest BCUT2D eigenvalue weighted by Crippen LogP contribution is 2.48. The SMILES string of the molecule is ClC1=C(c2ccc(Cl)cc2)c2nc1cc1ccc(cc3nc(cc4[nH]c(c2-c2ccc(Cl)cc2)c(-c2ccc(Cl)cc2)c4-c2ccc(Cl)cc2)C=C3)[nH]1. The van der Waals surface area contributed by atoms with E-state index >= 15 is 0 Å². The van der Waals surface area contributed by atoms with Gasteiger partial charge in [0, 0.05) is 58.9 Å². The van der Waals surface area contributed by atoms with Gasteiger partial charge in [-0.05, 0) is 113 Å². The lowest BCUT2D eigenvalue weighted by atomic mass is 9.91. The first-order valence-corrected chi connectivity index (χ1v) is 18.6. The number of aromatic amines is 2. The first kappa shape index (κ1) is 33.7. The molecule has 0 amide bonds. The van der Waals surface area contributed by atoms with E-state index in [1.807, 2.05) is 133 Å². The largest absolute Gasteiger partial charge is 0.355 e. The van der Waals surface area contributed by atoms with Crippen LogP contribution in [-0.2, 0) is 0 Å². The van der Waals surface area contributed by atoms with Crippen LogP contribution < -0.4 is 0 Å². The molecule has 0 spiro atoms. The number of aromatic nitrogens is 4. The van der Waals surface area contributed by atoms with Gasteiger partial charge in [-0.15, -0.1) is 0 Å². The number of nitrogens with one attached hydrogen (secondary N) is 2. The Labute approximate surface area is 330 Å². The maximum absolute atomic E-state index is 7.42. The topological polar surface area (TPSA) is 57.4 Å². The van der Waals surface area contributed by atoms with E-state index in [-0.39, 0.29) is 0 Å². The second-order valence-corrected chi connectivity index (χ2v) is 14.8. The van der Waals surface area contributed by atoms with Crippen LogP contribution in [-0.4, -0.2) is 19.9 Å². The molecule has 9 heteroatoms. The van der Waals surface area contributed by atoms with Crippen LogP contribution in [0.4, 0.5) is 0 Å². The summed E-state index contributed by atoms with van der Waals surface area (Å²) in [5, 5.41) is 3.00. The fourth-order valence-corrected chi connectivity index (χ4v) is 7.67. The molecule has 0 aliphatic carbocycles. The fraction of sp³-hybridized carbons (Fsp3) is 0. The average molecular weight is 787 g/mol. The van der Waals surface area contributed by atoms with E-state index < -0.39 is 0 Å². The second kappa shape index (κ2) is 13.7. The van der Waals surface area contributed by atoms with Gasteiger partial charge >= 0.3 is 0 Å². The first-order valence-electron chi connectivity index (χ1n) is 16.7. The van der Waals surface area contributed by atoms with Crippen molar-refractivity contribution in [2.75, 3.05) is 0 Å². The molecule has 2 aliphatic heterocycles. The molecule has 0 saturated heterocycles. The Balaban J connectivity index is 1.55. The summed E-state index contributed by atoms with van der Waals surface area (Å²) >= 11 is 33.3. The summed E-state index contributed by atoms with van der Waals surface area (Å²) in [7, 11) is 0. The summed E-state index contributed by atoms with van der Waals surface area (Å²) in [6.45, 7) is 0. The summed E-state index contributed by atoms with van der Waals surface area (Å²) < 4.78 is 0. The molecule has 53 heavy (non-hydrogen) atoms. The van der Waals surface area contributed by atoms with Crippen molar-refractivity contribution in [3.05, 3.63) is 176 Å². The van der Waals surface area contributed by atoms with Gasteiger partial charge in [-0.3, -0.25) is 0 Å². The third-order valence-electron chi connectivity index (χ3n) is 9.26. The van der Waals surface area contributed by atoms with Gasteiger partial charge in [-0.25, -0.2) is 9.97 Å².